The summed E-state index contributed by atoms with van der Waals surface area (Å²) in [5.74, 6) is -0.613. The number of aliphatic hydroxyl groups excluding tert-OH is 2. The average Bonchev–Trinajstić information content (AvgIpc) is 3.68. The third-order valence-electron chi connectivity index (χ3n) is 7.87. The zero-order chi connectivity index (χ0) is 31.2. The summed E-state index contributed by atoms with van der Waals surface area (Å²) >= 11 is 6.41. The summed E-state index contributed by atoms with van der Waals surface area (Å²) in [6, 6.07) is 20.4. The van der Waals surface area contributed by atoms with Crippen molar-refractivity contribution in [1.29, 1.82) is 0 Å². The van der Waals surface area contributed by atoms with Crippen molar-refractivity contribution in [3.8, 4) is 0 Å². The minimum atomic E-state index is -4.85. The first-order valence-corrected chi connectivity index (χ1v) is 17.6. The summed E-state index contributed by atoms with van der Waals surface area (Å²) in [5.41, 5.74) is 2.99. The number of aromatic nitrogens is 4. The molecule has 2 aliphatic rings. The second-order valence-electron chi connectivity index (χ2n) is 10.9. The molecule has 2 aliphatic heterocycles. The lowest BCUT2D eigenvalue weighted by Crippen LogP contribution is -2.33. The lowest BCUT2D eigenvalue weighted by molar-refractivity contribution is -0.0483. The predicted octanol–water partition coefficient (Wildman–Crippen LogP) is 2.82. The fourth-order valence-corrected chi connectivity index (χ4v) is 8.62. The van der Waals surface area contributed by atoms with E-state index in [0.29, 0.717) is 24.4 Å². The van der Waals surface area contributed by atoms with Crippen molar-refractivity contribution in [3.63, 3.8) is 0 Å². The molecule has 17 heteroatoms. The highest BCUT2D eigenvalue weighted by atomic mass is 35.5. The Morgan fingerprint density at radius 3 is 2.07 bits per heavy atom. The topological polar surface area (TPSA) is 201 Å². The Morgan fingerprint density at radius 2 is 1.50 bits per heavy atom. The second-order valence-corrected chi connectivity index (χ2v) is 15.2. The number of aliphatic hydroxyl groups is 2. The molecule has 2 aromatic carbocycles. The summed E-state index contributed by atoms with van der Waals surface area (Å²) in [7, 11) is -9.56. The third-order valence-corrected chi connectivity index (χ3v) is 11.5. The molecular formula is C27H30ClN5O9P2. The van der Waals surface area contributed by atoms with Crippen LogP contribution in [0.3, 0.4) is 0 Å². The van der Waals surface area contributed by atoms with E-state index in [0.717, 1.165) is 0 Å². The number of rotatable bonds is 9. The van der Waals surface area contributed by atoms with Gasteiger partial charge in [-0.3, -0.25) is 13.7 Å². The molecule has 0 bridgehead atoms. The Kier molecular flexibility index (Phi) is 8.68. The van der Waals surface area contributed by atoms with Gasteiger partial charge in [0, 0.05) is 24.9 Å². The van der Waals surface area contributed by atoms with Gasteiger partial charge < -0.3 is 39.1 Å². The van der Waals surface area contributed by atoms with Crippen LogP contribution in [0.4, 0.5) is 5.82 Å². The molecule has 4 heterocycles. The van der Waals surface area contributed by atoms with Crippen molar-refractivity contribution >= 4 is 43.8 Å². The predicted molar refractivity (Wildman–Crippen MR) is 160 cm³/mol. The fraction of sp³-hybridized carbons (Fsp3) is 0.370. The van der Waals surface area contributed by atoms with Gasteiger partial charge >= 0.3 is 15.2 Å². The summed E-state index contributed by atoms with van der Waals surface area (Å²) < 4.78 is 35.2. The molecule has 5 N–H and O–H groups in total. The number of imidazole rings is 1. The summed E-state index contributed by atoms with van der Waals surface area (Å²) in [6.45, 7) is 0.524. The van der Waals surface area contributed by atoms with Crippen molar-refractivity contribution in [3.05, 3.63) is 83.4 Å². The third kappa shape index (κ3) is 6.47. The van der Waals surface area contributed by atoms with Crippen LogP contribution in [0.2, 0.25) is 5.28 Å². The van der Waals surface area contributed by atoms with E-state index in [2.05, 4.69) is 44.1 Å². The lowest BCUT2D eigenvalue weighted by atomic mass is 9.84. The van der Waals surface area contributed by atoms with E-state index in [9.17, 15) is 24.2 Å². The maximum atomic E-state index is 12.1. The molecular weight excluding hydrogens is 636 g/mol. The smallest absolute Gasteiger partial charge is 0.340 e. The summed E-state index contributed by atoms with van der Waals surface area (Å²) in [4.78, 5) is 43.3. The van der Waals surface area contributed by atoms with Crippen LogP contribution in [0.5, 0.6) is 0 Å². The SMILES string of the molecule is O=P(O)(O)CP(=O)(O)OC[C@H]1O[C@@H](n2cnc3c(N4CC(c5ccccc5)C(c5ccccc5)C4)nc(Cl)nc32)[C@@H](O)C1O. The Labute approximate surface area is 256 Å². The molecule has 0 amide bonds. The molecule has 6 rings (SSSR count). The van der Waals surface area contributed by atoms with Gasteiger partial charge in [-0.25, -0.2) is 4.98 Å². The minimum Gasteiger partial charge on any atom is -0.387 e. The van der Waals surface area contributed by atoms with Crippen LogP contribution in [0.15, 0.2) is 67.0 Å². The normalized spacial score (nSPS) is 27.2. The Hall–Kier alpha value is -2.74. The van der Waals surface area contributed by atoms with Crippen molar-refractivity contribution in [1.82, 2.24) is 19.5 Å². The average molecular weight is 666 g/mol. The molecule has 0 spiro atoms. The van der Waals surface area contributed by atoms with E-state index >= 15 is 0 Å². The molecule has 2 fully saturated rings. The van der Waals surface area contributed by atoms with Gasteiger partial charge in [-0.1, -0.05) is 60.7 Å². The van der Waals surface area contributed by atoms with Crippen molar-refractivity contribution in [2.24, 2.45) is 0 Å². The van der Waals surface area contributed by atoms with Crippen LogP contribution in [0.25, 0.3) is 11.2 Å². The van der Waals surface area contributed by atoms with Gasteiger partial charge in [0.2, 0.25) is 5.28 Å². The van der Waals surface area contributed by atoms with E-state index < -0.39 is 52.2 Å². The van der Waals surface area contributed by atoms with Gasteiger partial charge in [0.05, 0.1) is 12.9 Å². The number of anilines is 1. The van der Waals surface area contributed by atoms with E-state index in [-0.39, 0.29) is 22.8 Å². The molecule has 44 heavy (non-hydrogen) atoms. The number of hydrogen-bond acceptors (Lipinski definition) is 10. The first kappa shape index (κ1) is 31.3. The minimum absolute atomic E-state index is 0.0692. The molecule has 234 valence electrons. The fourth-order valence-electron chi connectivity index (χ4n) is 5.90. The largest absolute Gasteiger partial charge is 0.387 e. The number of nitrogens with zero attached hydrogens (tertiary/aromatic N) is 5. The highest BCUT2D eigenvalue weighted by molar-refractivity contribution is 7.70. The van der Waals surface area contributed by atoms with Gasteiger partial charge in [-0.2, -0.15) is 9.97 Å². The van der Waals surface area contributed by atoms with Crippen LogP contribution in [0.1, 0.15) is 29.2 Å². The molecule has 0 aliphatic carbocycles. The maximum Gasteiger partial charge on any atom is 0.340 e. The molecule has 2 saturated heterocycles. The number of ether oxygens (including phenoxy) is 1. The number of benzene rings is 2. The zero-order valence-electron chi connectivity index (χ0n) is 23.0. The Bertz CT molecular complexity index is 1680. The van der Waals surface area contributed by atoms with Gasteiger partial charge in [0.25, 0.3) is 0 Å². The van der Waals surface area contributed by atoms with Crippen molar-refractivity contribution in [2.45, 2.75) is 36.4 Å². The number of fused-ring (bicyclic) bond motifs is 1. The van der Waals surface area contributed by atoms with E-state index in [1.165, 1.54) is 22.0 Å². The molecule has 2 aromatic heterocycles. The molecule has 4 unspecified atom stereocenters. The molecule has 7 atom stereocenters. The van der Waals surface area contributed by atoms with E-state index in [1.54, 1.807) is 0 Å². The van der Waals surface area contributed by atoms with Gasteiger partial charge in [0.15, 0.2) is 29.1 Å². The lowest BCUT2D eigenvalue weighted by Gasteiger charge is -2.19. The standard InChI is InChI=1S/C27H30ClN5O9P2/c28-27-30-24(32-11-18(16-7-3-1-4-8-16)19(12-32)17-9-5-2-6-10-17)21-25(31-27)33(14-29-21)26-23(35)22(34)20(42-26)13-41-44(39,40)15-43(36,37)38/h1-10,14,18-20,22-23,26,34-35H,11-13,15H2,(H,39,40)(H2,36,37,38)/t18?,19?,20-,22?,23+,26-/m1/s1. The van der Waals surface area contributed by atoms with Gasteiger partial charge in [-0.05, 0) is 22.7 Å². The number of halogens is 1. The second kappa shape index (κ2) is 12.2. The van der Waals surface area contributed by atoms with Crippen molar-refractivity contribution in [2.75, 3.05) is 30.5 Å². The highest BCUT2D eigenvalue weighted by Crippen LogP contribution is 2.55. The van der Waals surface area contributed by atoms with Crippen LogP contribution in [-0.4, -0.2) is 88.3 Å². The zero-order valence-corrected chi connectivity index (χ0v) is 25.6. The molecule has 4 aromatic rings. The van der Waals surface area contributed by atoms with Gasteiger partial charge in [0.1, 0.15) is 18.3 Å². The van der Waals surface area contributed by atoms with Crippen LogP contribution < -0.4 is 4.90 Å². The van der Waals surface area contributed by atoms with Crippen molar-refractivity contribution < 1.29 is 43.3 Å². The van der Waals surface area contributed by atoms with Gasteiger partial charge in [-0.15, -0.1) is 0 Å². The molecule has 0 radical (unpaired) electrons. The first-order valence-electron chi connectivity index (χ1n) is 13.7. The maximum absolute atomic E-state index is 12.1. The van der Waals surface area contributed by atoms with E-state index in [4.69, 9.17) is 30.6 Å². The summed E-state index contributed by atoms with van der Waals surface area (Å²) in [5, 5.41) is 21.4. The van der Waals surface area contributed by atoms with Crippen LogP contribution in [0, 0.1) is 0 Å². The van der Waals surface area contributed by atoms with Crippen LogP contribution >= 0.6 is 26.8 Å². The van der Waals surface area contributed by atoms with E-state index in [1.807, 2.05) is 36.4 Å². The van der Waals surface area contributed by atoms with Crippen LogP contribution in [-0.2, 0) is 18.4 Å². The molecule has 0 saturated carbocycles. The highest BCUT2D eigenvalue weighted by Gasteiger charge is 2.46. The molecule has 14 nitrogen and oxygen atoms in total. The Morgan fingerprint density at radius 1 is 0.909 bits per heavy atom. The first-order chi connectivity index (χ1) is 20.9. The monoisotopic (exact) mass is 665 g/mol. The number of hydrogen-bond donors (Lipinski definition) is 5. The Balaban J connectivity index is 1.28. The quantitative estimate of drug-likeness (QED) is 0.129. The summed E-state index contributed by atoms with van der Waals surface area (Å²) in [6.07, 6.45) is -4.28.